The van der Waals surface area contributed by atoms with E-state index in [0.29, 0.717) is 5.92 Å². The van der Waals surface area contributed by atoms with Gasteiger partial charge in [0.15, 0.2) is 0 Å². The zero-order chi connectivity index (χ0) is 12.1. The van der Waals surface area contributed by atoms with Crippen LogP contribution < -0.4 is 4.90 Å². The van der Waals surface area contributed by atoms with Crippen LogP contribution in [0, 0.1) is 12.8 Å². The first-order valence-electron chi connectivity index (χ1n) is 6.00. The van der Waals surface area contributed by atoms with Crippen molar-refractivity contribution in [3.63, 3.8) is 0 Å². The molecule has 2 heteroatoms. The molecule has 0 aliphatic heterocycles. The van der Waals surface area contributed by atoms with Crippen molar-refractivity contribution in [3.05, 3.63) is 29.3 Å². The summed E-state index contributed by atoms with van der Waals surface area (Å²) in [6, 6.07) is 6.24. The maximum atomic E-state index is 9.12. The highest BCUT2D eigenvalue weighted by Crippen LogP contribution is 2.19. The van der Waals surface area contributed by atoms with Crippen LogP contribution in [0.15, 0.2) is 18.2 Å². The molecule has 0 bridgehead atoms. The van der Waals surface area contributed by atoms with E-state index < -0.39 is 0 Å². The van der Waals surface area contributed by atoms with E-state index in [-0.39, 0.29) is 6.61 Å². The molecule has 90 valence electrons. The number of hydrogen-bond acceptors (Lipinski definition) is 2. The highest BCUT2D eigenvalue weighted by atomic mass is 16.3. The maximum absolute atomic E-state index is 9.12. The molecule has 0 radical (unpaired) electrons. The largest absolute Gasteiger partial charge is 0.392 e. The Bertz CT molecular complexity index is 336. The van der Waals surface area contributed by atoms with Crippen molar-refractivity contribution in [2.24, 2.45) is 5.92 Å². The number of aliphatic hydroxyl groups excluding tert-OH is 1. The first kappa shape index (κ1) is 13.0. The quantitative estimate of drug-likeness (QED) is 0.826. The summed E-state index contributed by atoms with van der Waals surface area (Å²) < 4.78 is 0. The van der Waals surface area contributed by atoms with E-state index in [1.54, 1.807) is 0 Å². The lowest BCUT2D eigenvalue weighted by molar-refractivity contribution is 0.281. The Morgan fingerprint density at radius 3 is 2.56 bits per heavy atom. The third-order valence-corrected chi connectivity index (χ3v) is 3.22. The fraction of sp³-hybridized carbons (Fsp3) is 0.571. The molecule has 0 aliphatic rings. The van der Waals surface area contributed by atoms with Crippen molar-refractivity contribution in [3.8, 4) is 0 Å². The third kappa shape index (κ3) is 3.24. The van der Waals surface area contributed by atoms with Gasteiger partial charge in [-0.3, -0.25) is 0 Å². The molecule has 0 saturated carbocycles. The van der Waals surface area contributed by atoms with Crippen LogP contribution in [0.1, 0.15) is 31.4 Å². The molecule has 0 spiro atoms. The van der Waals surface area contributed by atoms with E-state index in [1.165, 1.54) is 12.1 Å². The van der Waals surface area contributed by atoms with E-state index in [1.807, 2.05) is 13.0 Å². The molecule has 1 N–H and O–H groups in total. The molecular formula is C14H23NO. The number of nitrogens with zero attached hydrogens (tertiary/aromatic N) is 1. The Labute approximate surface area is 98.9 Å². The minimum Gasteiger partial charge on any atom is -0.392 e. The highest BCUT2D eigenvalue weighted by molar-refractivity contribution is 5.50. The van der Waals surface area contributed by atoms with E-state index >= 15 is 0 Å². The van der Waals surface area contributed by atoms with Crippen LogP contribution in [0.5, 0.6) is 0 Å². The first-order chi connectivity index (χ1) is 7.58. The summed E-state index contributed by atoms with van der Waals surface area (Å²) in [5, 5.41) is 9.12. The molecule has 0 amide bonds. The van der Waals surface area contributed by atoms with Crippen LogP contribution in [-0.2, 0) is 6.61 Å². The van der Waals surface area contributed by atoms with E-state index in [0.717, 1.165) is 17.7 Å². The Morgan fingerprint density at radius 1 is 1.38 bits per heavy atom. The number of aryl methyl sites for hydroxylation is 1. The first-order valence-corrected chi connectivity index (χ1v) is 6.00. The van der Waals surface area contributed by atoms with E-state index in [9.17, 15) is 0 Å². The average molecular weight is 221 g/mol. The second kappa shape index (κ2) is 5.90. The van der Waals surface area contributed by atoms with Crippen molar-refractivity contribution in [1.82, 2.24) is 0 Å². The van der Waals surface area contributed by atoms with Gasteiger partial charge in [-0.1, -0.05) is 26.3 Å². The van der Waals surface area contributed by atoms with Crippen molar-refractivity contribution < 1.29 is 5.11 Å². The Balaban J connectivity index is 2.76. The lowest BCUT2D eigenvalue weighted by Gasteiger charge is -2.23. The monoisotopic (exact) mass is 221 g/mol. The van der Waals surface area contributed by atoms with Gasteiger partial charge in [-0.25, -0.2) is 0 Å². The van der Waals surface area contributed by atoms with E-state index in [4.69, 9.17) is 5.11 Å². The Kier molecular flexibility index (Phi) is 4.81. The molecule has 0 aliphatic carbocycles. The van der Waals surface area contributed by atoms with Gasteiger partial charge in [-0.15, -0.1) is 0 Å². The van der Waals surface area contributed by atoms with Crippen LogP contribution in [0.2, 0.25) is 0 Å². The van der Waals surface area contributed by atoms with Gasteiger partial charge in [0, 0.05) is 19.3 Å². The number of anilines is 1. The fourth-order valence-corrected chi connectivity index (χ4v) is 1.80. The van der Waals surface area contributed by atoms with Crippen LogP contribution >= 0.6 is 0 Å². The van der Waals surface area contributed by atoms with Gasteiger partial charge in [-0.05, 0) is 36.1 Å². The Hall–Kier alpha value is -1.02. The molecular weight excluding hydrogens is 198 g/mol. The zero-order valence-electron chi connectivity index (χ0n) is 10.8. The van der Waals surface area contributed by atoms with Crippen LogP contribution in [0.4, 0.5) is 5.69 Å². The molecule has 16 heavy (non-hydrogen) atoms. The summed E-state index contributed by atoms with van der Waals surface area (Å²) in [7, 11) is 2.12. The molecule has 0 saturated heterocycles. The molecule has 1 aromatic carbocycles. The van der Waals surface area contributed by atoms with Gasteiger partial charge in [0.2, 0.25) is 0 Å². The lowest BCUT2D eigenvalue weighted by atomic mass is 10.1. The second-order valence-corrected chi connectivity index (χ2v) is 4.66. The van der Waals surface area contributed by atoms with Gasteiger partial charge in [0.05, 0.1) is 6.61 Å². The second-order valence-electron chi connectivity index (χ2n) is 4.66. The average Bonchev–Trinajstić information content (AvgIpc) is 2.28. The molecule has 1 rings (SSSR count). The smallest absolute Gasteiger partial charge is 0.0684 e. The van der Waals surface area contributed by atoms with Crippen molar-refractivity contribution in [1.29, 1.82) is 0 Å². The van der Waals surface area contributed by atoms with Crippen molar-refractivity contribution in [2.45, 2.75) is 33.8 Å². The topological polar surface area (TPSA) is 23.5 Å². The molecule has 0 aromatic heterocycles. The molecule has 1 aromatic rings. The summed E-state index contributed by atoms with van der Waals surface area (Å²) >= 11 is 0. The van der Waals surface area contributed by atoms with Crippen LogP contribution in [-0.4, -0.2) is 18.7 Å². The van der Waals surface area contributed by atoms with Gasteiger partial charge in [-0.2, -0.15) is 0 Å². The fourth-order valence-electron chi connectivity index (χ4n) is 1.80. The summed E-state index contributed by atoms with van der Waals surface area (Å²) in [5.74, 6) is 0.711. The van der Waals surface area contributed by atoms with Crippen molar-refractivity contribution in [2.75, 3.05) is 18.5 Å². The molecule has 1 unspecified atom stereocenters. The van der Waals surface area contributed by atoms with Gasteiger partial charge < -0.3 is 10.0 Å². The van der Waals surface area contributed by atoms with Gasteiger partial charge in [0.25, 0.3) is 0 Å². The standard InChI is InChI=1S/C14H23NO/c1-5-11(2)9-15(4)14-7-6-13(10-16)12(3)8-14/h6-8,11,16H,5,9-10H2,1-4H3. The third-order valence-electron chi connectivity index (χ3n) is 3.22. The normalized spacial score (nSPS) is 12.6. The van der Waals surface area contributed by atoms with Gasteiger partial charge >= 0.3 is 0 Å². The molecule has 2 nitrogen and oxygen atoms in total. The zero-order valence-corrected chi connectivity index (χ0v) is 10.8. The lowest BCUT2D eigenvalue weighted by Crippen LogP contribution is -2.23. The predicted octanol–water partition coefficient (Wildman–Crippen LogP) is 2.97. The Morgan fingerprint density at radius 2 is 2.06 bits per heavy atom. The van der Waals surface area contributed by atoms with Crippen molar-refractivity contribution >= 4 is 5.69 Å². The minimum atomic E-state index is 0.126. The number of aliphatic hydroxyl groups is 1. The summed E-state index contributed by atoms with van der Waals surface area (Å²) in [5.41, 5.74) is 3.41. The molecule has 0 fully saturated rings. The van der Waals surface area contributed by atoms with Gasteiger partial charge in [0.1, 0.15) is 0 Å². The summed E-state index contributed by atoms with van der Waals surface area (Å²) in [6.45, 7) is 7.74. The molecule has 1 atom stereocenters. The summed E-state index contributed by atoms with van der Waals surface area (Å²) in [4.78, 5) is 2.28. The SMILES string of the molecule is CCC(C)CN(C)c1ccc(CO)c(C)c1. The van der Waals surface area contributed by atoms with Crippen LogP contribution in [0.3, 0.4) is 0 Å². The molecule has 0 heterocycles. The number of rotatable bonds is 5. The number of hydrogen-bond donors (Lipinski definition) is 1. The predicted molar refractivity (Wildman–Crippen MR) is 69.8 cm³/mol. The van der Waals surface area contributed by atoms with Crippen LogP contribution in [0.25, 0.3) is 0 Å². The maximum Gasteiger partial charge on any atom is 0.0684 e. The minimum absolute atomic E-state index is 0.126. The van der Waals surface area contributed by atoms with E-state index in [2.05, 4.69) is 37.9 Å². The number of benzene rings is 1. The highest BCUT2D eigenvalue weighted by Gasteiger charge is 2.06. The summed E-state index contributed by atoms with van der Waals surface area (Å²) in [6.07, 6.45) is 1.21.